The fourth-order valence-corrected chi connectivity index (χ4v) is 2.05. The van der Waals surface area contributed by atoms with Crippen LogP contribution in [0, 0.1) is 0 Å². The fraction of sp³-hybridized carbons (Fsp3) is 0.438. The molecular weight excluding hydrogens is 314 g/mol. The Labute approximate surface area is 141 Å². The van der Waals surface area contributed by atoms with Gasteiger partial charge in [0, 0.05) is 20.2 Å². The van der Waals surface area contributed by atoms with Crippen LogP contribution in [-0.2, 0) is 14.4 Å². The average Bonchev–Trinajstić information content (AvgIpc) is 2.80. The molecule has 24 heavy (non-hydrogen) atoms. The van der Waals surface area contributed by atoms with Crippen molar-refractivity contribution in [1.29, 1.82) is 0 Å². The fourth-order valence-electron chi connectivity index (χ4n) is 2.05. The number of ether oxygens (including phenoxy) is 1. The van der Waals surface area contributed by atoms with Crippen LogP contribution in [0.1, 0.15) is 28.1 Å². The SMILES string of the molecule is C.COCCNC(=O)CNCCON1C(=O)c2ccccc2C1=O. The van der Waals surface area contributed by atoms with Crippen LogP contribution in [0.3, 0.4) is 0 Å². The van der Waals surface area contributed by atoms with Gasteiger partial charge in [0.2, 0.25) is 5.91 Å². The van der Waals surface area contributed by atoms with E-state index >= 15 is 0 Å². The lowest BCUT2D eigenvalue weighted by atomic mass is 10.1. The van der Waals surface area contributed by atoms with Gasteiger partial charge in [-0.05, 0) is 12.1 Å². The lowest BCUT2D eigenvalue weighted by Gasteiger charge is -2.13. The van der Waals surface area contributed by atoms with Gasteiger partial charge < -0.3 is 15.4 Å². The molecule has 0 atom stereocenters. The minimum absolute atomic E-state index is 0. The van der Waals surface area contributed by atoms with Crippen LogP contribution in [0.5, 0.6) is 0 Å². The number of carbonyl (C=O) groups excluding carboxylic acids is 3. The van der Waals surface area contributed by atoms with Crippen molar-refractivity contribution < 1.29 is 24.0 Å². The van der Waals surface area contributed by atoms with Crippen LogP contribution in [-0.4, -0.2) is 62.7 Å². The molecule has 2 N–H and O–H groups in total. The summed E-state index contributed by atoms with van der Waals surface area (Å²) in [5, 5.41) is 6.27. The molecule has 1 aliphatic heterocycles. The monoisotopic (exact) mass is 337 g/mol. The lowest BCUT2D eigenvalue weighted by Crippen LogP contribution is -2.38. The van der Waals surface area contributed by atoms with Crippen LogP contribution in [0.4, 0.5) is 0 Å². The summed E-state index contributed by atoms with van der Waals surface area (Å²) in [7, 11) is 1.56. The maximum atomic E-state index is 12.0. The number of fused-ring (bicyclic) bond motifs is 1. The topological polar surface area (TPSA) is 97.0 Å². The Bertz CT molecular complexity index is 556. The average molecular weight is 337 g/mol. The number of amides is 3. The Kier molecular flexibility index (Phi) is 8.03. The van der Waals surface area contributed by atoms with Crippen molar-refractivity contribution in [3.05, 3.63) is 35.4 Å². The summed E-state index contributed by atoms with van der Waals surface area (Å²) in [4.78, 5) is 40.6. The summed E-state index contributed by atoms with van der Waals surface area (Å²) in [6.45, 7) is 1.44. The van der Waals surface area contributed by atoms with Gasteiger partial charge in [-0.1, -0.05) is 19.6 Å². The molecule has 0 aliphatic carbocycles. The van der Waals surface area contributed by atoms with Crippen LogP contribution >= 0.6 is 0 Å². The highest BCUT2D eigenvalue weighted by molar-refractivity contribution is 6.20. The molecule has 0 saturated carbocycles. The first-order chi connectivity index (χ1) is 11.1. The van der Waals surface area contributed by atoms with Gasteiger partial charge >= 0.3 is 0 Å². The Morgan fingerprint density at radius 1 is 1.08 bits per heavy atom. The summed E-state index contributed by atoms with van der Waals surface area (Å²) >= 11 is 0. The van der Waals surface area contributed by atoms with Crippen molar-refractivity contribution in [2.45, 2.75) is 7.43 Å². The molecule has 1 aromatic rings. The first-order valence-corrected chi connectivity index (χ1v) is 7.22. The van der Waals surface area contributed by atoms with Gasteiger partial charge in [-0.25, -0.2) is 0 Å². The minimum Gasteiger partial charge on any atom is -0.383 e. The quantitative estimate of drug-likeness (QED) is 0.494. The number of hydrogen-bond acceptors (Lipinski definition) is 6. The molecular formula is C16H23N3O5. The maximum Gasteiger partial charge on any atom is 0.285 e. The largest absolute Gasteiger partial charge is 0.383 e. The molecule has 2 rings (SSSR count). The van der Waals surface area contributed by atoms with Gasteiger partial charge in [0.1, 0.15) is 0 Å². The highest BCUT2D eigenvalue weighted by Crippen LogP contribution is 2.22. The molecule has 0 radical (unpaired) electrons. The molecule has 1 aliphatic rings. The molecule has 0 spiro atoms. The Morgan fingerprint density at radius 3 is 2.29 bits per heavy atom. The highest BCUT2D eigenvalue weighted by atomic mass is 16.7. The normalized spacial score (nSPS) is 12.8. The first kappa shape index (κ1) is 19.8. The lowest BCUT2D eigenvalue weighted by molar-refractivity contribution is -0.120. The third-order valence-corrected chi connectivity index (χ3v) is 3.17. The van der Waals surface area contributed by atoms with E-state index in [9.17, 15) is 14.4 Å². The third-order valence-electron chi connectivity index (χ3n) is 3.17. The van der Waals surface area contributed by atoms with E-state index in [-0.39, 0.29) is 26.5 Å². The molecule has 3 amide bonds. The second kappa shape index (κ2) is 9.76. The molecule has 1 aromatic carbocycles. The number of hydroxylamine groups is 2. The number of nitrogens with zero attached hydrogens (tertiary/aromatic N) is 1. The van der Waals surface area contributed by atoms with E-state index in [4.69, 9.17) is 9.57 Å². The van der Waals surface area contributed by atoms with Gasteiger partial charge in [0.05, 0.1) is 30.9 Å². The van der Waals surface area contributed by atoms with E-state index < -0.39 is 11.8 Å². The molecule has 0 fully saturated rings. The Balaban J connectivity index is 0.00000288. The Hall–Kier alpha value is -2.29. The smallest absolute Gasteiger partial charge is 0.285 e. The molecule has 1 heterocycles. The van der Waals surface area contributed by atoms with E-state index in [2.05, 4.69) is 10.6 Å². The van der Waals surface area contributed by atoms with Crippen molar-refractivity contribution in [1.82, 2.24) is 15.7 Å². The number of imide groups is 1. The zero-order valence-electron chi connectivity index (χ0n) is 12.8. The summed E-state index contributed by atoms with van der Waals surface area (Å²) in [5.41, 5.74) is 0.672. The van der Waals surface area contributed by atoms with Crippen LogP contribution < -0.4 is 10.6 Å². The molecule has 8 heteroatoms. The predicted octanol–water partition coefficient (Wildman–Crippen LogP) is 0.203. The van der Waals surface area contributed by atoms with Gasteiger partial charge in [-0.2, -0.15) is 0 Å². The number of carbonyl (C=O) groups is 3. The van der Waals surface area contributed by atoms with Gasteiger partial charge in [-0.15, -0.1) is 5.06 Å². The number of nitrogens with one attached hydrogen (secondary N) is 2. The summed E-state index contributed by atoms with van der Waals surface area (Å²) in [5.74, 6) is -1.10. The van der Waals surface area contributed by atoms with Gasteiger partial charge in [-0.3, -0.25) is 19.2 Å². The number of benzene rings is 1. The van der Waals surface area contributed by atoms with Crippen molar-refractivity contribution in [2.24, 2.45) is 0 Å². The molecule has 0 saturated heterocycles. The number of hydrogen-bond donors (Lipinski definition) is 2. The third kappa shape index (κ3) is 4.85. The van der Waals surface area contributed by atoms with Gasteiger partial charge in [0.25, 0.3) is 11.8 Å². The van der Waals surface area contributed by atoms with Gasteiger partial charge in [0.15, 0.2) is 0 Å². The van der Waals surface area contributed by atoms with E-state index in [0.717, 1.165) is 5.06 Å². The van der Waals surface area contributed by atoms with E-state index in [1.54, 1.807) is 31.4 Å². The van der Waals surface area contributed by atoms with Crippen molar-refractivity contribution in [3.8, 4) is 0 Å². The molecule has 0 aromatic heterocycles. The van der Waals surface area contributed by atoms with Crippen molar-refractivity contribution >= 4 is 17.7 Å². The van der Waals surface area contributed by atoms with E-state index in [1.165, 1.54) is 0 Å². The van der Waals surface area contributed by atoms with Crippen molar-refractivity contribution in [3.63, 3.8) is 0 Å². The van der Waals surface area contributed by atoms with Crippen molar-refractivity contribution in [2.75, 3.05) is 40.0 Å². The second-order valence-electron chi connectivity index (χ2n) is 4.80. The number of methoxy groups -OCH3 is 1. The molecule has 0 unspecified atom stereocenters. The summed E-state index contributed by atoms with van der Waals surface area (Å²) < 4.78 is 4.81. The first-order valence-electron chi connectivity index (χ1n) is 7.22. The van der Waals surface area contributed by atoms with Crippen LogP contribution in [0.15, 0.2) is 24.3 Å². The van der Waals surface area contributed by atoms with E-state index in [0.29, 0.717) is 30.8 Å². The van der Waals surface area contributed by atoms with E-state index in [1.807, 2.05) is 0 Å². The van der Waals surface area contributed by atoms with Crippen LogP contribution in [0.25, 0.3) is 0 Å². The standard InChI is InChI=1S/C15H19N3O5.CH4/c1-22-8-7-17-13(19)10-16-6-9-23-18-14(20)11-4-2-3-5-12(11)15(18)21;/h2-5,16H,6-10H2,1H3,(H,17,19);1H4. The summed E-state index contributed by atoms with van der Waals surface area (Å²) in [6, 6.07) is 6.55. The molecule has 8 nitrogen and oxygen atoms in total. The maximum absolute atomic E-state index is 12.0. The predicted molar refractivity (Wildman–Crippen MR) is 87.4 cm³/mol. The minimum atomic E-state index is -0.470. The number of rotatable bonds is 9. The summed E-state index contributed by atoms with van der Waals surface area (Å²) in [6.07, 6.45) is 0. The highest BCUT2D eigenvalue weighted by Gasteiger charge is 2.36. The molecule has 132 valence electrons. The Morgan fingerprint density at radius 2 is 1.71 bits per heavy atom. The molecule has 0 bridgehead atoms. The second-order valence-corrected chi connectivity index (χ2v) is 4.80. The zero-order chi connectivity index (χ0) is 16.7. The van der Waals surface area contributed by atoms with Crippen LogP contribution in [0.2, 0.25) is 0 Å². The zero-order valence-corrected chi connectivity index (χ0v) is 12.8.